The van der Waals surface area contributed by atoms with Crippen LogP contribution in [0.3, 0.4) is 0 Å². The summed E-state index contributed by atoms with van der Waals surface area (Å²) < 4.78 is 0. The second-order valence-electron chi connectivity index (χ2n) is 4.57. The van der Waals surface area contributed by atoms with Crippen LogP contribution in [0.5, 0.6) is 0 Å². The van der Waals surface area contributed by atoms with E-state index in [-0.39, 0.29) is 0 Å². The van der Waals surface area contributed by atoms with Gasteiger partial charge in [0, 0.05) is 24.4 Å². The number of nitrogens with zero attached hydrogens (tertiary/aromatic N) is 1. The predicted molar refractivity (Wildman–Crippen MR) is 64.0 cm³/mol. The molecule has 2 aliphatic rings. The van der Waals surface area contributed by atoms with Crippen LogP contribution < -0.4 is 5.32 Å². The first-order chi connectivity index (χ1) is 6.86. The quantitative estimate of drug-likeness (QED) is 0.713. The summed E-state index contributed by atoms with van der Waals surface area (Å²) in [6.07, 6.45) is 4.18. The molecule has 2 rings (SSSR count). The molecule has 2 heterocycles. The van der Waals surface area contributed by atoms with Crippen LogP contribution in [0.15, 0.2) is 0 Å². The van der Waals surface area contributed by atoms with Crippen molar-refractivity contribution in [2.24, 2.45) is 0 Å². The minimum Gasteiger partial charge on any atom is -0.313 e. The number of hydrogen-bond donors (Lipinski definition) is 1. The van der Waals surface area contributed by atoms with Crippen LogP contribution in [0, 0.1) is 0 Å². The van der Waals surface area contributed by atoms with Crippen LogP contribution in [0.25, 0.3) is 0 Å². The first-order valence-corrected chi connectivity index (χ1v) is 7.07. The Kier molecular flexibility index (Phi) is 4.14. The molecule has 0 amide bonds. The summed E-state index contributed by atoms with van der Waals surface area (Å²) >= 11 is 2.14. The Hall–Kier alpha value is 0.270. The van der Waals surface area contributed by atoms with Gasteiger partial charge in [0.25, 0.3) is 0 Å². The smallest absolute Gasteiger partial charge is 0.0187 e. The largest absolute Gasteiger partial charge is 0.313 e. The summed E-state index contributed by atoms with van der Waals surface area (Å²) in [5, 5.41) is 3.57. The Balaban J connectivity index is 1.87. The molecular weight excluding hydrogens is 192 g/mol. The van der Waals surface area contributed by atoms with E-state index < -0.39 is 0 Å². The van der Waals surface area contributed by atoms with Gasteiger partial charge in [-0.25, -0.2) is 0 Å². The number of nitrogens with one attached hydrogen (secondary N) is 1. The lowest BCUT2D eigenvalue weighted by atomic mass is 10.1. The zero-order valence-electron chi connectivity index (χ0n) is 9.17. The molecular formula is C11H22N2S. The van der Waals surface area contributed by atoms with Gasteiger partial charge in [0.2, 0.25) is 0 Å². The average molecular weight is 214 g/mol. The molecule has 2 atom stereocenters. The monoisotopic (exact) mass is 214 g/mol. The van der Waals surface area contributed by atoms with E-state index in [0.29, 0.717) is 6.04 Å². The molecule has 0 aromatic carbocycles. The summed E-state index contributed by atoms with van der Waals surface area (Å²) in [4.78, 5) is 2.72. The lowest BCUT2D eigenvalue weighted by molar-refractivity contribution is 0.199. The fourth-order valence-electron chi connectivity index (χ4n) is 2.48. The predicted octanol–water partition coefficient (Wildman–Crippen LogP) is 1.57. The zero-order valence-corrected chi connectivity index (χ0v) is 9.98. The highest BCUT2D eigenvalue weighted by atomic mass is 32.2. The molecule has 0 saturated carbocycles. The van der Waals surface area contributed by atoms with E-state index in [1.54, 1.807) is 0 Å². The van der Waals surface area contributed by atoms with Crippen LogP contribution in [-0.2, 0) is 0 Å². The molecule has 0 aromatic heterocycles. The number of hydrogen-bond acceptors (Lipinski definition) is 3. The van der Waals surface area contributed by atoms with Crippen molar-refractivity contribution in [1.29, 1.82) is 0 Å². The summed E-state index contributed by atoms with van der Waals surface area (Å²) in [6.45, 7) is 6.08. The van der Waals surface area contributed by atoms with Crippen molar-refractivity contribution in [2.75, 3.05) is 31.1 Å². The van der Waals surface area contributed by atoms with E-state index >= 15 is 0 Å². The Morgan fingerprint density at radius 1 is 1.36 bits per heavy atom. The van der Waals surface area contributed by atoms with E-state index in [2.05, 4.69) is 28.9 Å². The minimum atomic E-state index is 0.685. The Labute approximate surface area is 91.8 Å². The molecule has 0 radical (unpaired) electrons. The molecule has 2 unspecified atom stereocenters. The normalized spacial score (nSPS) is 36.6. The van der Waals surface area contributed by atoms with Gasteiger partial charge in [-0.2, -0.15) is 11.8 Å². The van der Waals surface area contributed by atoms with E-state index in [0.717, 1.165) is 6.04 Å². The Morgan fingerprint density at radius 2 is 2.29 bits per heavy atom. The first kappa shape index (κ1) is 10.8. The third-order valence-electron chi connectivity index (χ3n) is 3.28. The molecule has 14 heavy (non-hydrogen) atoms. The molecule has 1 N–H and O–H groups in total. The van der Waals surface area contributed by atoms with Gasteiger partial charge in [0.05, 0.1) is 0 Å². The lowest BCUT2D eigenvalue weighted by Crippen LogP contribution is -2.43. The fraction of sp³-hybridized carbons (Fsp3) is 1.00. The highest BCUT2D eigenvalue weighted by Crippen LogP contribution is 2.22. The first-order valence-electron chi connectivity index (χ1n) is 5.91. The van der Waals surface area contributed by atoms with Crippen molar-refractivity contribution < 1.29 is 0 Å². The van der Waals surface area contributed by atoms with Crippen molar-refractivity contribution in [3.63, 3.8) is 0 Å². The van der Waals surface area contributed by atoms with Crippen molar-refractivity contribution in [3.05, 3.63) is 0 Å². The molecule has 2 nitrogen and oxygen atoms in total. The highest BCUT2D eigenvalue weighted by Gasteiger charge is 2.23. The van der Waals surface area contributed by atoms with Crippen molar-refractivity contribution in [2.45, 2.75) is 38.3 Å². The molecule has 82 valence electrons. The molecule has 2 fully saturated rings. The molecule has 3 heteroatoms. The van der Waals surface area contributed by atoms with Crippen LogP contribution in [-0.4, -0.2) is 48.1 Å². The van der Waals surface area contributed by atoms with E-state index in [1.165, 1.54) is 50.4 Å². The van der Waals surface area contributed by atoms with Gasteiger partial charge in [-0.3, -0.25) is 4.90 Å². The van der Waals surface area contributed by atoms with Crippen molar-refractivity contribution in [3.8, 4) is 0 Å². The molecule has 0 bridgehead atoms. The summed E-state index contributed by atoms with van der Waals surface area (Å²) in [5.74, 6) is 2.75. The molecule has 0 aliphatic carbocycles. The number of rotatable bonds is 1. The van der Waals surface area contributed by atoms with Crippen LogP contribution in [0.1, 0.15) is 26.2 Å². The van der Waals surface area contributed by atoms with Gasteiger partial charge in [0.1, 0.15) is 0 Å². The van der Waals surface area contributed by atoms with Gasteiger partial charge < -0.3 is 5.32 Å². The van der Waals surface area contributed by atoms with E-state index in [9.17, 15) is 0 Å². The van der Waals surface area contributed by atoms with E-state index in [1.807, 2.05) is 0 Å². The molecule has 0 spiro atoms. The van der Waals surface area contributed by atoms with Gasteiger partial charge in [-0.05, 0) is 45.0 Å². The lowest BCUT2D eigenvalue weighted by Gasteiger charge is -2.34. The van der Waals surface area contributed by atoms with Crippen LogP contribution in [0.4, 0.5) is 0 Å². The maximum absolute atomic E-state index is 3.57. The number of thioether (sulfide) groups is 1. The van der Waals surface area contributed by atoms with Gasteiger partial charge >= 0.3 is 0 Å². The summed E-state index contributed by atoms with van der Waals surface area (Å²) in [6, 6.07) is 1.56. The maximum Gasteiger partial charge on any atom is 0.0187 e. The third-order valence-corrected chi connectivity index (χ3v) is 4.47. The summed E-state index contributed by atoms with van der Waals surface area (Å²) in [7, 11) is 0. The topological polar surface area (TPSA) is 15.3 Å². The average Bonchev–Trinajstić information content (AvgIpc) is 2.44. The Morgan fingerprint density at radius 3 is 3.07 bits per heavy atom. The van der Waals surface area contributed by atoms with Gasteiger partial charge in [0.15, 0.2) is 0 Å². The maximum atomic E-state index is 3.57. The molecule has 2 saturated heterocycles. The van der Waals surface area contributed by atoms with Gasteiger partial charge in [-0.15, -0.1) is 0 Å². The second kappa shape index (κ2) is 5.38. The molecule has 2 aliphatic heterocycles. The Bertz CT molecular complexity index is 169. The fourth-order valence-corrected chi connectivity index (χ4v) is 3.67. The third kappa shape index (κ3) is 2.88. The van der Waals surface area contributed by atoms with Crippen LogP contribution >= 0.6 is 11.8 Å². The zero-order chi connectivity index (χ0) is 9.80. The standard InChI is InChI=1S/C11H22N2S/c1-10-8-13(6-3-5-12-10)11-4-2-7-14-9-11/h10-12H,2-9H2,1H3. The van der Waals surface area contributed by atoms with Crippen molar-refractivity contribution >= 4 is 11.8 Å². The van der Waals surface area contributed by atoms with Crippen molar-refractivity contribution in [1.82, 2.24) is 10.2 Å². The van der Waals surface area contributed by atoms with Crippen LogP contribution in [0.2, 0.25) is 0 Å². The SMILES string of the molecule is CC1CN(C2CCCSC2)CCCN1. The second-order valence-corrected chi connectivity index (χ2v) is 5.72. The highest BCUT2D eigenvalue weighted by molar-refractivity contribution is 7.99. The minimum absolute atomic E-state index is 0.685. The van der Waals surface area contributed by atoms with Gasteiger partial charge in [-0.1, -0.05) is 0 Å². The van der Waals surface area contributed by atoms with E-state index in [4.69, 9.17) is 0 Å². The summed E-state index contributed by atoms with van der Waals surface area (Å²) in [5.41, 5.74) is 0. The molecule has 0 aromatic rings.